The zero-order valence-electron chi connectivity index (χ0n) is 17.9. The first-order valence-electron chi connectivity index (χ1n) is 9.43. The maximum absolute atomic E-state index is 13.6. The average Bonchev–Trinajstić information content (AvgIpc) is 2.70. The maximum Gasteiger partial charge on any atom is 0.471 e. The van der Waals surface area contributed by atoms with E-state index in [-0.39, 0.29) is 21.3 Å². The summed E-state index contributed by atoms with van der Waals surface area (Å²) in [5.74, 6) is -5.55. The van der Waals surface area contributed by atoms with Crippen LogP contribution in [-0.4, -0.2) is 34.9 Å². The zero-order valence-corrected chi connectivity index (χ0v) is 20.2. The largest absolute Gasteiger partial charge is 0.505 e. The molecule has 2 aromatic rings. The van der Waals surface area contributed by atoms with E-state index in [2.05, 4.69) is 5.32 Å². The van der Waals surface area contributed by atoms with Crippen molar-refractivity contribution in [3.63, 3.8) is 0 Å². The molecule has 0 fully saturated rings. The number of nitrogens with zero attached hydrogens (tertiary/aromatic N) is 1. The van der Waals surface area contributed by atoms with Gasteiger partial charge in [-0.1, -0.05) is 55.6 Å². The molecule has 2 rings (SSSR count). The number of phenolic OH excluding ortho intramolecular Hbond substituents is 1. The summed E-state index contributed by atoms with van der Waals surface area (Å²) in [6.45, 7) is 4.07. The van der Waals surface area contributed by atoms with Gasteiger partial charge in [0.15, 0.2) is 17.6 Å². The van der Waals surface area contributed by atoms with Gasteiger partial charge in [0.05, 0.1) is 20.8 Å². The van der Waals surface area contributed by atoms with Crippen LogP contribution >= 0.6 is 34.8 Å². The molecule has 1 unspecified atom stereocenters. The third-order valence-electron chi connectivity index (χ3n) is 4.48. The van der Waals surface area contributed by atoms with Crippen molar-refractivity contribution in [3.8, 4) is 5.75 Å². The van der Waals surface area contributed by atoms with Crippen molar-refractivity contribution in [2.45, 2.75) is 33.0 Å². The minimum absolute atomic E-state index is 0.0195. The molecule has 2 aromatic carbocycles. The van der Waals surface area contributed by atoms with Crippen LogP contribution in [0.1, 0.15) is 20.8 Å². The number of carbonyl (C=O) groups excluding carboxylic acids is 3. The van der Waals surface area contributed by atoms with E-state index >= 15 is 0 Å². The summed E-state index contributed by atoms with van der Waals surface area (Å²) >= 11 is 17.7. The van der Waals surface area contributed by atoms with Gasteiger partial charge < -0.3 is 16.2 Å². The van der Waals surface area contributed by atoms with E-state index in [1.165, 1.54) is 39.0 Å². The second kappa shape index (κ2) is 9.89. The number of halogens is 6. The minimum atomic E-state index is -5.50. The van der Waals surface area contributed by atoms with Crippen LogP contribution in [0.4, 0.5) is 30.2 Å². The number of phenols is 1. The number of Topliss-reactive ketones (excluding diaryl/α,β-unsaturated/α-hetero) is 1. The fourth-order valence-corrected chi connectivity index (χ4v) is 3.46. The molecule has 2 amide bonds. The normalized spacial score (nSPS) is 12.7. The van der Waals surface area contributed by atoms with Gasteiger partial charge in [-0.25, -0.2) is 0 Å². The molecule has 0 saturated heterocycles. The van der Waals surface area contributed by atoms with E-state index < -0.39 is 56.7 Å². The van der Waals surface area contributed by atoms with Crippen LogP contribution in [0, 0.1) is 5.41 Å². The Morgan fingerprint density at radius 1 is 1.00 bits per heavy atom. The van der Waals surface area contributed by atoms with Gasteiger partial charge in [-0.05, 0) is 30.3 Å². The Hall–Kier alpha value is -2.69. The van der Waals surface area contributed by atoms with E-state index in [1.54, 1.807) is 0 Å². The number of ketones is 1. The van der Waals surface area contributed by atoms with Gasteiger partial charge in [0.25, 0.3) is 5.91 Å². The number of anilines is 3. The summed E-state index contributed by atoms with van der Waals surface area (Å²) in [6.07, 6.45) is -5.50. The highest BCUT2D eigenvalue weighted by molar-refractivity contribution is 6.38. The van der Waals surface area contributed by atoms with E-state index in [0.29, 0.717) is 0 Å². The third kappa shape index (κ3) is 6.05. The van der Waals surface area contributed by atoms with Crippen LogP contribution in [-0.2, 0) is 14.4 Å². The van der Waals surface area contributed by atoms with Crippen LogP contribution in [0.25, 0.3) is 0 Å². The summed E-state index contributed by atoms with van der Waals surface area (Å²) in [5, 5.41) is 11.0. The molecule has 0 aliphatic heterocycles. The van der Waals surface area contributed by atoms with Crippen LogP contribution < -0.4 is 16.0 Å². The van der Waals surface area contributed by atoms with Crippen molar-refractivity contribution in [3.05, 3.63) is 45.4 Å². The number of carbonyl (C=O) groups is 3. The number of hydrogen-bond acceptors (Lipinski definition) is 5. The van der Waals surface area contributed by atoms with Crippen LogP contribution in [0.5, 0.6) is 5.75 Å². The summed E-state index contributed by atoms with van der Waals surface area (Å²) < 4.78 is 40.8. The predicted molar refractivity (Wildman–Crippen MR) is 124 cm³/mol. The molecule has 0 aliphatic carbocycles. The highest BCUT2D eigenvalue weighted by Crippen LogP contribution is 2.39. The first kappa shape index (κ1) is 27.6. The number of nitrogen functional groups attached to an aromatic ring is 1. The predicted octanol–water partition coefficient (Wildman–Crippen LogP) is 5.45. The fourth-order valence-electron chi connectivity index (χ4n) is 2.81. The van der Waals surface area contributed by atoms with Crippen molar-refractivity contribution in [2.75, 3.05) is 16.0 Å². The highest BCUT2D eigenvalue weighted by Gasteiger charge is 2.50. The van der Waals surface area contributed by atoms with Crippen LogP contribution in [0.15, 0.2) is 30.3 Å². The van der Waals surface area contributed by atoms with E-state index in [1.807, 2.05) is 0 Å². The first-order chi connectivity index (χ1) is 15.4. The molecule has 184 valence electrons. The maximum atomic E-state index is 13.6. The molecule has 0 spiro atoms. The molecule has 13 heteroatoms. The van der Waals surface area contributed by atoms with Crippen molar-refractivity contribution in [1.29, 1.82) is 0 Å². The number of benzene rings is 2. The van der Waals surface area contributed by atoms with Crippen molar-refractivity contribution in [2.24, 2.45) is 5.41 Å². The van der Waals surface area contributed by atoms with E-state index in [4.69, 9.17) is 40.5 Å². The quantitative estimate of drug-likeness (QED) is 0.345. The van der Waals surface area contributed by atoms with E-state index in [9.17, 15) is 32.7 Å². The highest BCUT2D eigenvalue weighted by atomic mass is 35.5. The Bertz CT molecular complexity index is 1130. The number of rotatable bonds is 5. The number of alkyl halides is 3. The number of aromatic hydroxyl groups is 1. The van der Waals surface area contributed by atoms with E-state index in [0.717, 1.165) is 12.1 Å². The summed E-state index contributed by atoms with van der Waals surface area (Å²) in [4.78, 5) is 38.9. The standard InChI is InChI=1S/C21H19Cl3F3N3O4/c1-20(2,3)17(32)15(18(33)29-14-6-9(28)4-5-11(14)22)30(19(34)21(25,26)27)10-7-12(23)16(31)13(24)8-10/h4-8,15,31H,28H2,1-3H3,(H,29,33). The molecule has 0 heterocycles. The minimum Gasteiger partial charge on any atom is -0.505 e. The number of amides is 2. The molecule has 0 saturated carbocycles. The van der Waals surface area contributed by atoms with Gasteiger partial charge in [-0.3, -0.25) is 19.3 Å². The Morgan fingerprint density at radius 2 is 1.53 bits per heavy atom. The average molecular weight is 541 g/mol. The topological polar surface area (TPSA) is 113 Å². The second-order valence-electron chi connectivity index (χ2n) is 8.18. The molecule has 0 radical (unpaired) electrons. The lowest BCUT2D eigenvalue weighted by Gasteiger charge is -2.34. The van der Waals surface area contributed by atoms with Crippen LogP contribution in [0.3, 0.4) is 0 Å². The monoisotopic (exact) mass is 539 g/mol. The van der Waals surface area contributed by atoms with Crippen molar-refractivity contribution < 1.29 is 32.7 Å². The molecule has 0 aromatic heterocycles. The summed E-state index contributed by atoms with van der Waals surface area (Å²) in [5.41, 5.74) is 3.71. The first-order valence-corrected chi connectivity index (χ1v) is 10.6. The number of nitrogens with two attached hydrogens (primary N) is 1. The van der Waals surface area contributed by atoms with Crippen molar-refractivity contribution in [1.82, 2.24) is 0 Å². The fraction of sp³-hybridized carbons (Fsp3) is 0.286. The molecule has 4 N–H and O–H groups in total. The third-order valence-corrected chi connectivity index (χ3v) is 5.39. The lowest BCUT2D eigenvalue weighted by molar-refractivity contribution is -0.171. The van der Waals surface area contributed by atoms with Gasteiger partial charge in [0.1, 0.15) is 0 Å². The summed E-state index contributed by atoms with van der Waals surface area (Å²) in [7, 11) is 0. The molecule has 1 atom stereocenters. The Balaban J connectivity index is 2.76. The Morgan fingerprint density at radius 3 is 2.00 bits per heavy atom. The summed E-state index contributed by atoms with van der Waals surface area (Å²) in [6, 6.07) is 3.18. The number of hydrogen-bond donors (Lipinski definition) is 3. The lowest BCUT2D eigenvalue weighted by Crippen LogP contribution is -2.58. The SMILES string of the molecule is CC(C)(C)C(=O)C(C(=O)Nc1cc(N)ccc1Cl)N(C(=O)C(F)(F)F)c1cc(Cl)c(O)c(Cl)c1. The lowest BCUT2D eigenvalue weighted by atomic mass is 9.85. The van der Waals surface area contributed by atoms with Gasteiger partial charge in [-0.15, -0.1) is 0 Å². The molecule has 7 nitrogen and oxygen atoms in total. The zero-order chi connectivity index (χ0) is 26.2. The molecule has 0 aliphatic rings. The van der Waals surface area contributed by atoms with Gasteiger partial charge in [0, 0.05) is 16.8 Å². The van der Waals surface area contributed by atoms with Gasteiger partial charge in [0.2, 0.25) is 0 Å². The molecule has 34 heavy (non-hydrogen) atoms. The van der Waals surface area contributed by atoms with Gasteiger partial charge in [-0.2, -0.15) is 13.2 Å². The van der Waals surface area contributed by atoms with Crippen molar-refractivity contribution >= 4 is 69.5 Å². The van der Waals surface area contributed by atoms with Crippen LogP contribution in [0.2, 0.25) is 15.1 Å². The molecular weight excluding hydrogens is 522 g/mol. The smallest absolute Gasteiger partial charge is 0.471 e. The Kier molecular flexibility index (Phi) is 8.02. The molecular formula is C21H19Cl3F3N3O4. The molecule has 0 bridgehead atoms. The van der Waals surface area contributed by atoms with Gasteiger partial charge >= 0.3 is 12.1 Å². The number of nitrogens with one attached hydrogen (secondary N) is 1. The Labute approximate surface area is 207 Å². The second-order valence-corrected chi connectivity index (χ2v) is 9.40.